The minimum absolute atomic E-state index is 0.0604. The molecule has 0 bridgehead atoms. The van der Waals surface area contributed by atoms with Crippen molar-refractivity contribution in [1.29, 1.82) is 0 Å². The standard InChI is InChI=1S/C11H16N4O5/c1-7-13-14-11(20-7)12-9(16)6-15-3-4-19-8(5-15)10(17)18-2/h8H,3-6H2,1-2H3,(H,12,14,16). The fourth-order valence-corrected chi connectivity index (χ4v) is 1.83. The Morgan fingerprint density at radius 1 is 1.50 bits per heavy atom. The number of amides is 1. The van der Waals surface area contributed by atoms with Crippen molar-refractivity contribution in [3.8, 4) is 0 Å². The number of carbonyl (C=O) groups is 2. The zero-order chi connectivity index (χ0) is 14.5. The lowest BCUT2D eigenvalue weighted by Crippen LogP contribution is -2.48. The number of morpholine rings is 1. The molecule has 0 radical (unpaired) electrons. The van der Waals surface area contributed by atoms with E-state index in [-0.39, 0.29) is 18.5 Å². The number of nitrogens with one attached hydrogen (secondary N) is 1. The second kappa shape index (κ2) is 6.44. The van der Waals surface area contributed by atoms with Crippen molar-refractivity contribution < 1.29 is 23.5 Å². The summed E-state index contributed by atoms with van der Waals surface area (Å²) in [5, 5.41) is 9.77. The Balaban J connectivity index is 1.83. The Morgan fingerprint density at radius 3 is 2.95 bits per heavy atom. The van der Waals surface area contributed by atoms with Gasteiger partial charge in [-0.25, -0.2) is 4.79 Å². The molecule has 20 heavy (non-hydrogen) atoms. The van der Waals surface area contributed by atoms with Gasteiger partial charge in [0.1, 0.15) is 0 Å². The molecule has 0 saturated carbocycles. The Kier molecular flexibility index (Phi) is 4.64. The van der Waals surface area contributed by atoms with Gasteiger partial charge in [-0.3, -0.25) is 15.0 Å². The van der Waals surface area contributed by atoms with E-state index in [1.807, 2.05) is 0 Å². The fraction of sp³-hybridized carbons (Fsp3) is 0.636. The molecule has 1 aliphatic heterocycles. The first-order valence-electron chi connectivity index (χ1n) is 6.10. The molecule has 0 aromatic carbocycles. The summed E-state index contributed by atoms with van der Waals surface area (Å²) in [6, 6.07) is 0.0604. The van der Waals surface area contributed by atoms with Crippen LogP contribution in [0, 0.1) is 6.92 Å². The second-order valence-electron chi connectivity index (χ2n) is 4.29. The number of anilines is 1. The molecular formula is C11H16N4O5. The van der Waals surface area contributed by atoms with Gasteiger partial charge in [0.05, 0.1) is 20.3 Å². The summed E-state index contributed by atoms with van der Waals surface area (Å²) in [6.07, 6.45) is -0.660. The van der Waals surface area contributed by atoms with Crippen molar-refractivity contribution in [1.82, 2.24) is 15.1 Å². The summed E-state index contributed by atoms with van der Waals surface area (Å²) in [5.74, 6) is -0.362. The number of methoxy groups -OCH3 is 1. The van der Waals surface area contributed by atoms with E-state index in [4.69, 9.17) is 9.15 Å². The molecule has 1 unspecified atom stereocenters. The average molecular weight is 284 g/mol. The number of ether oxygens (including phenoxy) is 2. The van der Waals surface area contributed by atoms with Gasteiger partial charge in [-0.1, -0.05) is 5.10 Å². The highest BCUT2D eigenvalue weighted by atomic mass is 16.6. The van der Waals surface area contributed by atoms with E-state index in [2.05, 4.69) is 20.3 Å². The monoisotopic (exact) mass is 284 g/mol. The van der Waals surface area contributed by atoms with Gasteiger partial charge >= 0.3 is 12.0 Å². The van der Waals surface area contributed by atoms with Crippen LogP contribution < -0.4 is 5.32 Å². The van der Waals surface area contributed by atoms with Crippen LogP contribution in [0.5, 0.6) is 0 Å². The lowest BCUT2D eigenvalue weighted by molar-refractivity contribution is -0.160. The predicted octanol–water partition coefficient (Wildman–Crippen LogP) is -0.810. The van der Waals surface area contributed by atoms with Crippen LogP contribution in [-0.4, -0.2) is 66.4 Å². The summed E-state index contributed by atoms with van der Waals surface area (Å²) < 4.78 is 14.9. The third-order valence-electron chi connectivity index (χ3n) is 2.75. The lowest BCUT2D eigenvalue weighted by atomic mass is 10.2. The molecule has 1 aromatic rings. The average Bonchev–Trinajstić information content (AvgIpc) is 2.83. The summed E-state index contributed by atoms with van der Waals surface area (Å²) >= 11 is 0. The van der Waals surface area contributed by atoms with Crippen LogP contribution in [0.2, 0.25) is 0 Å². The molecule has 1 saturated heterocycles. The number of aryl methyl sites for hydroxylation is 1. The van der Waals surface area contributed by atoms with Crippen molar-refractivity contribution in [2.45, 2.75) is 13.0 Å². The van der Waals surface area contributed by atoms with Gasteiger partial charge in [0.25, 0.3) is 0 Å². The van der Waals surface area contributed by atoms with Crippen molar-refractivity contribution in [2.24, 2.45) is 0 Å². The predicted molar refractivity (Wildman–Crippen MR) is 65.9 cm³/mol. The van der Waals surface area contributed by atoms with Gasteiger partial charge in [0, 0.05) is 20.0 Å². The van der Waals surface area contributed by atoms with Gasteiger partial charge in [0.2, 0.25) is 11.8 Å². The minimum Gasteiger partial charge on any atom is -0.467 e. The Labute approximate surface area is 115 Å². The molecule has 9 nitrogen and oxygen atoms in total. The van der Waals surface area contributed by atoms with Crippen molar-refractivity contribution >= 4 is 17.9 Å². The van der Waals surface area contributed by atoms with Crippen LogP contribution in [0.15, 0.2) is 4.42 Å². The van der Waals surface area contributed by atoms with E-state index in [0.717, 1.165) is 0 Å². The Bertz CT molecular complexity index is 489. The normalized spacial score (nSPS) is 19.6. The molecule has 9 heteroatoms. The summed E-state index contributed by atoms with van der Waals surface area (Å²) in [7, 11) is 1.30. The van der Waals surface area contributed by atoms with Crippen molar-refractivity contribution in [2.75, 3.05) is 38.7 Å². The third-order valence-corrected chi connectivity index (χ3v) is 2.75. The molecule has 1 atom stereocenters. The first-order valence-corrected chi connectivity index (χ1v) is 6.10. The molecule has 1 aromatic heterocycles. The van der Waals surface area contributed by atoms with Crippen LogP contribution in [-0.2, 0) is 19.1 Å². The molecule has 2 rings (SSSR count). The van der Waals surface area contributed by atoms with Crippen LogP contribution >= 0.6 is 0 Å². The molecule has 0 spiro atoms. The fourth-order valence-electron chi connectivity index (χ4n) is 1.83. The zero-order valence-corrected chi connectivity index (χ0v) is 11.3. The zero-order valence-electron chi connectivity index (χ0n) is 11.3. The van der Waals surface area contributed by atoms with Gasteiger partial charge < -0.3 is 13.9 Å². The third kappa shape index (κ3) is 3.75. The Hall–Kier alpha value is -2.00. The van der Waals surface area contributed by atoms with E-state index in [0.29, 0.717) is 25.6 Å². The minimum atomic E-state index is -0.660. The number of carbonyl (C=O) groups excluding carboxylic acids is 2. The van der Waals surface area contributed by atoms with E-state index >= 15 is 0 Å². The van der Waals surface area contributed by atoms with Crippen LogP contribution in [0.4, 0.5) is 6.01 Å². The number of esters is 1. The molecular weight excluding hydrogens is 268 g/mol. The quantitative estimate of drug-likeness (QED) is 0.715. The molecule has 110 valence electrons. The number of nitrogens with zero attached hydrogens (tertiary/aromatic N) is 3. The maximum Gasteiger partial charge on any atom is 0.336 e. The first-order chi connectivity index (χ1) is 9.58. The van der Waals surface area contributed by atoms with Crippen LogP contribution in [0.3, 0.4) is 0 Å². The number of aromatic nitrogens is 2. The van der Waals surface area contributed by atoms with Crippen molar-refractivity contribution in [3.05, 3.63) is 5.89 Å². The van der Waals surface area contributed by atoms with Gasteiger partial charge in [-0.15, -0.1) is 5.10 Å². The van der Waals surface area contributed by atoms with Crippen molar-refractivity contribution in [3.63, 3.8) is 0 Å². The van der Waals surface area contributed by atoms with Gasteiger partial charge in [-0.2, -0.15) is 0 Å². The molecule has 1 amide bonds. The Morgan fingerprint density at radius 2 is 2.30 bits per heavy atom. The summed E-state index contributed by atoms with van der Waals surface area (Å²) in [5.41, 5.74) is 0. The van der Waals surface area contributed by atoms with Gasteiger partial charge in [0.15, 0.2) is 6.10 Å². The smallest absolute Gasteiger partial charge is 0.336 e. The topological polar surface area (TPSA) is 107 Å². The highest BCUT2D eigenvalue weighted by Gasteiger charge is 2.28. The van der Waals surface area contributed by atoms with E-state index < -0.39 is 12.1 Å². The molecule has 2 heterocycles. The number of hydrogen-bond donors (Lipinski definition) is 1. The summed E-state index contributed by atoms with van der Waals surface area (Å²) in [4.78, 5) is 25.0. The van der Waals surface area contributed by atoms with E-state index in [1.54, 1.807) is 11.8 Å². The molecule has 1 N–H and O–H groups in total. The highest BCUT2D eigenvalue weighted by Crippen LogP contribution is 2.08. The highest BCUT2D eigenvalue weighted by molar-refractivity contribution is 5.90. The molecule has 0 aliphatic carbocycles. The van der Waals surface area contributed by atoms with Crippen LogP contribution in [0.1, 0.15) is 5.89 Å². The maximum absolute atomic E-state index is 11.8. The lowest BCUT2D eigenvalue weighted by Gasteiger charge is -2.30. The summed E-state index contributed by atoms with van der Waals surface area (Å²) in [6.45, 7) is 2.98. The second-order valence-corrected chi connectivity index (χ2v) is 4.29. The number of rotatable bonds is 4. The maximum atomic E-state index is 11.8. The van der Waals surface area contributed by atoms with Gasteiger partial charge in [-0.05, 0) is 0 Å². The number of hydrogen-bond acceptors (Lipinski definition) is 8. The van der Waals surface area contributed by atoms with E-state index in [1.165, 1.54) is 7.11 Å². The van der Waals surface area contributed by atoms with E-state index in [9.17, 15) is 9.59 Å². The SMILES string of the molecule is COC(=O)C1CN(CC(=O)Nc2nnc(C)o2)CCO1. The molecule has 1 fully saturated rings. The first kappa shape index (κ1) is 14.4. The largest absolute Gasteiger partial charge is 0.467 e. The van der Waals surface area contributed by atoms with Crippen LogP contribution in [0.25, 0.3) is 0 Å². The molecule has 1 aliphatic rings.